The molecule has 7 nitrogen and oxygen atoms in total. The number of nitrogens with two attached hydrogens (primary N) is 1. The van der Waals surface area contributed by atoms with Crippen LogP contribution in [0.3, 0.4) is 0 Å². The SMILES string of the molecule is CC1CC2CC(C(N)=O)(C1)C[C@H](C)C2NC(=O)C1(NS(=O)(=O)c2cccc(Cl)c2Cl)CCC1. The number of sulfonamides is 1. The summed E-state index contributed by atoms with van der Waals surface area (Å²) in [6, 6.07) is 4.26. The van der Waals surface area contributed by atoms with Gasteiger partial charge in [0, 0.05) is 11.5 Å². The molecule has 0 spiro atoms. The number of hydrogen-bond donors (Lipinski definition) is 3. The monoisotopic (exact) mass is 515 g/mol. The summed E-state index contributed by atoms with van der Waals surface area (Å²) in [6.07, 6.45) is 4.54. The molecule has 0 saturated heterocycles. The largest absolute Gasteiger partial charge is 0.369 e. The number of amides is 2. The molecule has 33 heavy (non-hydrogen) atoms. The van der Waals surface area contributed by atoms with Crippen LogP contribution in [-0.2, 0) is 19.6 Å². The van der Waals surface area contributed by atoms with E-state index in [9.17, 15) is 18.0 Å². The lowest BCUT2D eigenvalue weighted by Gasteiger charge is -2.53. The second kappa shape index (κ2) is 8.70. The maximum atomic E-state index is 13.5. The van der Waals surface area contributed by atoms with Crippen molar-refractivity contribution >= 4 is 45.0 Å². The standard InChI is InChI=1S/C23H31Cl2N3O4S/c1-13-9-15-12-22(10-13,20(26)29)11-14(2)19(15)27-21(30)23(7-4-8-23)28-33(31,32)17-6-3-5-16(24)18(17)25/h3,5-6,13-15,19,28H,4,7-12H2,1-2H3,(H2,26,29)(H,27,30)/t13?,14-,15?,19?,22?/m0/s1. The van der Waals surface area contributed by atoms with Gasteiger partial charge >= 0.3 is 0 Å². The number of nitrogens with one attached hydrogen (secondary N) is 2. The molecule has 10 heteroatoms. The van der Waals surface area contributed by atoms with E-state index in [1.807, 2.05) is 6.92 Å². The molecule has 0 aromatic heterocycles. The van der Waals surface area contributed by atoms with Crippen LogP contribution < -0.4 is 15.8 Å². The Morgan fingerprint density at radius 3 is 2.42 bits per heavy atom. The minimum atomic E-state index is -4.07. The highest BCUT2D eigenvalue weighted by atomic mass is 35.5. The Balaban J connectivity index is 1.55. The van der Waals surface area contributed by atoms with Crippen molar-refractivity contribution in [3.8, 4) is 0 Å². The predicted molar refractivity (Wildman–Crippen MR) is 127 cm³/mol. The summed E-state index contributed by atoms with van der Waals surface area (Å²) in [4.78, 5) is 25.6. The van der Waals surface area contributed by atoms with Crippen LogP contribution in [0.2, 0.25) is 10.0 Å². The van der Waals surface area contributed by atoms with E-state index in [-0.39, 0.29) is 44.6 Å². The molecule has 4 N–H and O–H groups in total. The van der Waals surface area contributed by atoms with Gasteiger partial charge in [-0.25, -0.2) is 8.42 Å². The third-order valence-corrected chi connectivity index (χ3v) is 10.4. The molecule has 0 radical (unpaired) electrons. The molecular weight excluding hydrogens is 485 g/mol. The van der Waals surface area contributed by atoms with E-state index < -0.39 is 21.0 Å². The zero-order chi connectivity index (χ0) is 24.2. The topological polar surface area (TPSA) is 118 Å². The summed E-state index contributed by atoms with van der Waals surface area (Å²) in [5.41, 5.74) is 4.07. The van der Waals surface area contributed by atoms with Gasteiger partial charge in [0.25, 0.3) is 0 Å². The van der Waals surface area contributed by atoms with E-state index in [2.05, 4.69) is 17.0 Å². The summed E-state index contributed by atoms with van der Waals surface area (Å²) in [5.74, 6) is -0.0485. The molecule has 2 amide bonds. The van der Waals surface area contributed by atoms with Gasteiger partial charge in [0.2, 0.25) is 21.8 Å². The van der Waals surface area contributed by atoms with Crippen LogP contribution in [0.1, 0.15) is 58.8 Å². The van der Waals surface area contributed by atoms with Crippen LogP contribution in [0, 0.1) is 23.2 Å². The van der Waals surface area contributed by atoms with E-state index in [1.54, 1.807) is 0 Å². The van der Waals surface area contributed by atoms with Gasteiger partial charge in [0.1, 0.15) is 10.4 Å². The maximum absolute atomic E-state index is 13.5. The fourth-order valence-electron chi connectivity index (χ4n) is 6.34. The molecule has 5 atom stereocenters. The smallest absolute Gasteiger partial charge is 0.243 e. The number of hydrogen-bond acceptors (Lipinski definition) is 4. The van der Waals surface area contributed by atoms with Crippen molar-refractivity contribution in [2.75, 3.05) is 0 Å². The number of fused-ring (bicyclic) bond motifs is 2. The quantitative estimate of drug-likeness (QED) is 0.535. The molecule has 1 aromatic rings. The third-order valence-electron chi connectivity index (χ3n) is 7.93. The van der Waals surface area contributed by atoms with E-state index in [0.29, 0.717) is 31.6 Å². The van der Waals surface area contributed by atoms with Gasteiger partial charge < -0.3 is 11.1 Å². The van der Waals surface area contributed by atoms with E-state index >= 15 is 0 Å². The first-order valence-corrected chi connectivity index (χ1v) is 13.7. The van der Waals surface area contributed by atoms with Gasteiger partial charge in [0.05, 0.1) is 10.0 Å². The number of carbonyl (C=O) groups is 2. The second-order valence-electron chi connectivity index (χ2n) is 10.4. The molecule has 1 aromatic carbocycles. The first kappa shape index (κ1) is 24.8. The van der Waals surface area contributed by atoms with Crippen LogP contribution >= 0.6 is 23.2 Å². The van der Waals surface area contributed by atoms with Gasteiger partial charge in [-0.3, -0.25) is 9.59 Å². The second-order valence-corrected chi connectivity index (χ2v) is 12.9. The average Bonchev–Trinajstić information content (AvgIpc) is 2.69. The van der Waals surface area contributed by atoms with Gasteiger partial charge in [-0.05, 0) is 74.8 Å². The summed E-state index contributed by atoms with van der Waals surface area (Å²) < 4.78 is 28.9. The molecule has 0 heterocycles. The van der Waals surface area contributed by atoms with Crippen molar-refractivity contribution < 1.29 is 18.0 Å². The van der Waals surface area contributed by atoms with Crippen LogP contribution in [0.4, 0.5) is 0 Å². The molecule has 3 aliphatic carbocycles. The Bertz CT molecular complexity index is 1070. The Labute approximate surface area is 205 Å². The molecule has 4 unspecified atom stereocenters. The van der Waals surface area contributed by atoms with E-state index in [0.717, 1.165) is 19.3 Å². The predicted octanol–water partition coefficient (Wildman–Crippen LogP) is 3.63. The number of halogens is 2. The summed E-state index contributed by atoms with van der Waals surface area (Å²) in [7, 11) is -4.07. The van der Waals surface area contributed by atoms with E-state index in [1.165, 1.54) is 18.2 Å². The fourth-order valence-corrected chi connectivity index (χ4v) is 8.53. The summed E-state index contributed by atoms with van der Waals surface area (Å²) in [5, 5.41) is 3.23. The molecule has 4 rings (SSSR count). The maximum Gasteiger partial charge on any atom is 0.243 e. The zero-order valence-electron chi connectivity index (χ0n) is 18.9. The summed E-state index contributed by atoms with van der Waals surface area (Å²) in [6.45, 7) is 4.16. The highest BCUT2D eigenvalue weighted by molar-refractivity contribution is 7.89. The normalized spacial score (nSPS) is 33.1. The molecule has 3 aliphatic rings. The highest BCUT2D eigenvalue weighted by Gasteiger charge is 2.54. The number of rotatable bonds is 6. The lowest BCUT2D eigenvalue weighted by molar-refractivity contribution is -0.140. The summed E-state index contributed by atoms with van der Waals surface area (Å²) >= 11 is 12.1. The van der Waals surface area contributed by atoms with Crippen LogP contribution in [0.15, 0.2) is 23.1 Å². The van der Waals surface area contributed by atoms with E-state index in [4.69, 9.17) is 28.9 Å². The molecule has 182 valence electrons. The Kier molecular flexibility index (Phi) is 6.53. The Hall–Kier alpha value is -1.35. The molecule has 2 bridgehead atoms. The average molecular weight is 516 g/mol. The molecule has 0 aliphatic heterocycles. The number of carbonyl (C=O) groups excluding carboxylic acids is 2. The van der Waals surface area contributed by atoms with Crippen molar-refractivity contribution in [3.05, 3.63) is 28.2 Å². The minimum Gasteiger partial charge on any atom is -0.369 e. The van der Waals surface area contributed by atoms with Gasteiger partial charge in [-0.1, -0.05) is 43.1 Å². The number of benzene rings is 1. The Morgan fingerprint density at radius 2 is 1.82 bits per heavy atom. The van der Waals surface area contributed by atoms with Gasteiger partial charge in [-0.2, -0.15) is 4.72 Å². The zero-order valence-corrected chi connectivity index (χ0v) is 21.2. The van der Waals surface area contributed by atoms with Crippen molar-refractivity contribution in [1.29, 1.82) is 0 Å². The molecular formula is C23H31Cl2N3O4S. The van der Waals surface area contributed by atoms with Crippen molar-refractivity contribution in [2.24, 2.45) is 28.9 Å². The van der Waals surface area contributed by atoms with Crippen LogP contribution in [-0.4, -0.2) is 31.8 Å². The molecule has 3 fully saturated rings. The molecule has 3 saturated carbocycles. The lowest BCUT2D eigenvalue weighted by Crippen LogP contribution is -2.66. The Morgan fingerprint density at radius 1 is 1.12 bits per heavy atom. The van der Waals surface area contributed by atoms with Crippen LogP contribution in [0.5, 0.6) is 0 Å². The number of primary amides is 1. The highest BCUT2D eigenvalue weighted by Crippen LogP contribution is 2.53. The lowest BCUT2D eigenvalue weighted by atomic mass is 9.54. The van der Waals surface area contributed by atoms with Crippen molar-refractivity contribution in [2.45, 2.75) is 75.3 Å². The first-order chi connectivity index (χ1) is 15.4. The van der Waals surface area contributed by atoms with Crippen molar-refractivity contribution in [1.82, 2.24) is 10.0 Å². The third kappa shape index (κ3) is 4.40. The van der Waals surface area contributed by atoms with Crippen molar-refractivity contribution in [3.63, 3.8) is 0 Å². The first-order valence-electron chi connectivity index (χ1n) is 11.5. The van der Waals surface area contributed by atoms with Crippen LogP contribution in [0.25, 0.3) is 0 Å². The minimum absolute atomic E-state index is 0.0591. The fraction of sp³-hybridized carbons (Fsp3) is 0.652. The van der Waals surface area contributed by atoms with Gasteiger partial charge in [-0.15, -0.1) is 0 Å². The van der Waals surface area contributed by atoms with Gasteiger partial charge in [0.15, 0.2) is 0 Å².